The van der Waals surface area contributed by atoms with Crippen molar-refractivity contribution in [1.82, 2.24) is 9.32 Å². The molecule has 0 bridgehead atoms. The molecule has 0 aliphatic rings. The lowest BCUT2D eigenvalue weighted by atomic mass is 10.5. The molecule has 3 heteroatoms. The van der Waals surface area contributed by atoms with E-state index in [0.29, 0.717) is 0 Å². The van der Waals surface area contributed by atoms with E-state index >= 15 is 0 Å². The average Bonchev–Trinajstić information content (AvgIpc) is 2.74. The molecular formula is C10H13N2P. The van der Waals surface area contributed by atoms with Crippen molar-refractivity contribution in [3.63, 3.8) is 0 Å². The first kappa shape index (κ1) is 9.94. The van der Waals surface area contributed by atoms with Crippen molar-refractivity contribution in [2.75, 3.05) is 6.66 Å². The molecule has 2 aromatic rings. The summed E-state index contributed by atoms with van der Waals surface area (Å²) in [4.78, 5) is 3.78. The van der Waals surface area contributed by atoms with E-state index in [4.69, 9.17) is 0 Å². The maximum atomic E-state index is 3.78. The molecular weight excluding hydrogens is 179 g/mol. The van der Waals surface area contributed by atoms with E-state index < -0.39 is 0 Å². The molecule has 1 atom stereocenters. The second-order valence-electron chi connectivity index (χ2n) is 2.34. The van der Waals surface area contributed by atoms with Gasteiger partial charge in [-0.15, -0.1) is 0 Å². The zero-order valence-corrected chi connectivity index (χ0v) is 8.59. The summed E-state index contributed by atoms with van der Waals surface area (Å²) in [5.41, 5.74) is 0. The fourth-order valence-corrected chi connectivity index (χ4v) is 1.27. The summed E-state index contributed by atoms with van der Waals surface area (Å²) in [5, 5.41) is 0. The standard InChI is InChI=1S/C5H8NP.C5H5N/c1-7-6-4-2-3-5-6;1-2-4-6-5-3-1/h2-5,7H,1H3;1-5H. The molecule has 68 valence electrons. The number of hydrogen-bond acceptors (Lipinski definition) is 1. The molecule has 0 amide bonds. The summed E-state index contributed by atoms with van der Waals surface area (Å²) >= 11 is 0. The van der Waals surface area contributed by atoms with Crippen LogP contribution in [0, 0.1) is 0 Å². The van der Waals surface area contributed by atoms with Crippen molar-refractivity contribution in [2.45, 2.75) is 0 Å². The molecule has 0 fully saturated rings. The Morgan fingerprint density at radius 3 is 1.77 bits per heavy atom. The fraction of sp³-hybridized carbons (Fsp3) is 0.100. The predicted molar refractivity (Wildman–Crippen MR) is 58.3 cm³/mol. The largest absolute Gasteiger partial charge is 0.336 e. The lowest BCUT2D eigenvalue weighted by Gasteiger charge is -1.89. The minimum absolute atomic E-state index is 0.871. The second-order valence-corrected chi connectivity index (χ2v) is 3.30. The highest BCUT2D eigenvalue weighted by atomic mass is 31.1. The van der Waals surface area contributed by atoms with Gasteiger partial charge in [-0.25, -0.2) is 0 Å². The third kappa shape index (κ3) is 4.44. The van der Waals surface area contributed by atoms with Gasteiger partial charge in [0.05, 0.1) is 0 Å². The molecule has 0 saturated carbocycles. The topological polar surface area (TPSA) is 17.8 Å². The Kier molecular flexibility index (Phi) is 4.88. The molecule has 0 aliphatic carbocycles. The van der Waals surface area contributed by atoms with Crippen LogP contribution < -0.4 is 0 Å². The van der Waals surface area contributed by atoms with Gasteiger partial charge in [-0.05, 0) is 39.7 Å². The Morgan fingerprint density at radius 1 is 0.923 bits per heavy atom. The Balaban J connectivity index is 0.000000132. The van der Waals surface area contributed by atoms with E-state index in [1.807, 2.05) is 30.3 Å². The second kappa shape index (κ2) is 6.38. The molecule has 2 nitrogen and oxygen atoms in total. The highest BCUT2D eigenvalue weighted by Gasteiger charge is 1.75. The molecule has 0 radical (unpaired) electrons. The minimum atomic E-state index is 0.871. The Bertz CT molecular complexity index is 265. The Morgan fingerprint density at radius 2 is 1.54 bits per heavy atom. The molecule has 0 spiro atoms. The lowest BCUT2D eigenvalue weighted by molar-refractivity contribution is 1.28. The van der Waals surface area contributed by atoms with Crippen LogP contribution in [-0.2, 0) is 0 Å². The smallest absolute Gasteiger partial charge is 0.0267 e. The molecule has 2 aromatic heterocycles. The van der Waals surface area contributed by atoms with E-state index in [1.165, 1.54) is 0 Å². The summed E-state index contributed by atoms with van der Waals surface area (Å²) in [6.07, 6.45) is 7.64. The van der Waals surface area contributed by atoms with Gasteiger partial charge in [0.25, 0.3) is 0 Å². The monoisotopic (exact) mass is 192 g/mol. The Hall–Kier alpha value is -1.14. The van der Waals surface area contributed by atoms with E-state index in [2.05, 4.69) is 28.4 Å². The molecule has 2 rings (SSSR count). The quantitative estimate of drug-likeness (QED) is 0.635. The Labute approximate surface area is 80.5 Å². The van der Waals surface area contributed by atoms with Crippen LogP contribution in [0.25, 0.3) is 0 Å². The van der Waals surface area contributed by atoms with Gasteiger partial charge in [0, 0.05) is 24.8 Å². The zero-order valence-electron chi connectivity index (χ0n) is 7.59. The first-order valence-corrected chi connectivity index (χ1v) is 5.54. The fourth-order valence-electron chi connectivity index (χ4n) is 0.796. The maximum absolute atomic E-state index is 3.78. The summed E-state index contributed by atoms with van der Waals surface area (Å²) in [6.45, 7) is 2.15. The van der Waals surface area contributed by atoms with Gasteiger partial charge >= 0.3 is 0 Å². The van der Waals surface area contributed by atoms with Crippen LogP contribution in [-0.4, -0.2) is 16.0 Å². The molecule has 0 aliphatic heterocycles. The van der Waals surface area contributed by atoms with Crippen LogP contribution >= 0.6 is 8.73 Å². The van der Waals surface area contributed by atoms with Gasteiger partial charge in [-0.3, -0.25) is 4.98 Å². The highest BCUT2D eigenvalue weighted by molar-refractivity contribution is 7.35. The van der Waals surface area contributed by atoms with Crippen LogP contribution in [0.5, 0.6) is 0 Å². The normalized spacial score (nSPS) is 9.62. The van der Waals surface area contributed by atoms with Crippen molar-refractivity contribution >= 4 is 8.73 Å². The number of hydrogen-bond donors (Lipinski definition) is 0. The summed E-state index contributed by atoms with van der Waals surface area (Å²) < 4.78 is 2.15. The number of rotatable bonds is 1. The van der Waals surface area contributed by atoms with E-state index in [9.17, 15) is 0 Å². The van der Waals surface area contributed by atoms with Crippen molar-refractivity contribution < 1.29 is 0 Å². The van der Waals surface area contributed by atoms with Gasteiger partial charge in [0.15, 0.2) is 0 Å². The van der Waals surface area contributed by atoms with Crippen molar-refractivity contribution in [2.24, 2.45) is 0 Å². The molecule has 0 aromatic carbocycles. The van der Waals surface area contributed by atoms with Crippen LogP contribution in [0.15, 0.2) is 55.1 Å². The first-order chi connectivity index (χ1) is 6.43. The summed E-state index contributed by atoms with van der Waals surface area (Å²) in [5.74, 6) is 0. The van der Waals surface area contributed by atoms with E-state index in [1.54, 1.807) is 12.4 Å². The predicted octanol–water partition coefficient (Wildman–Crippen LogP) is 2.64. The van der Waals surface area contributed by atoms with Crippen molar-refractivity contribution in [3.8, 4) is 0 Å². The number of pyridine rings is 1. The lowest BCUT2D eigenvalue weighted by Crippen LogP contribution is -1.69. The van der Waals surface area contributed by atoms with E-state index in [-0.39, 0.29) is 0 Å². The average molecular weight is 192 g/mol. The van der Waals surface area contributed by atoms with Gasteiger partial charge in [0.2, 0.25) is 0 Å². The maximum Gasteiger partial charge on any atom is 0.0267 e. The van der Waals surface area contributed by atoms with Gasteiger partial charge < -0.3 is 4.34 Å². The summed E-state index contributed by atoms with van der Waals surface area (Å²) in [7, 11) is 0.871. The van der Waals surface area contributed by atoms with Crippen molar-refractivity contribution in [3.05, 3.63) is 55.1 Å². The summed E-state index contributed by atoms with van der Waals surface area (Å²) in [6, 6.07) is 9.79. The third-order valence-electron chi connectivity index (χ3n) is 1.43. The molecule has 2 heterocycles. The zero-order chi connectivity index (χ0) is 9.36. The first-order valence-electron chi connectivity index (χ1n) is 4.09. The van der Waals surface area contributed by atoms with Crippen LogP contribution in [0.3, 0.4) is 0 Å². The van der Waals surface area contributed by atoms with Crippen LogP contribution in [0.1, 0.15) is 0 Å². The molecule has 0 N–H and O–H groups in total. The van der Waals surface area contributed by atoms with Crippen LogP contribution in [0.4, 0.5) is 0 Å². The van der Waals surface area contributed by atoms with Crippen molar-refractivity contribution in [1.29, 1.82) is 0 Å². The SMILES string of the molecule is CPn1cccc1.c1ccncc1. The molecule has 1 unspecified atom stereocenters. The third-order valence-corrected chi connectivity index (χ3v) is 2.24. The van der Waals surface area contributed by atoms with Gasteiger partial charge in [-0.1, -0.05) is 6.07 Å². The van der Waals surface area contributed by atoms with Crippen LogP contribution in [0.2, 0.25) is 0 Å². The number of aromatic nitrogens is 2. The number of nitrogens with zero attached hydrogens (tertiary/aromatic N) is 2. The molecule has 13 heavy (non-hydrogen) atoms. The van der Waals surface area contributed by atoms with Gasteiger partial charge in [0.1, 0.15) is 0 Å². The van der Waals surface area contributed by atoms with E-state index in [0.717, 1.165) is 8.73 Å². The minimum Gasteiger partial charge on any atom is -0.336 e. The highest BCUT2D eigenvalue weighted by Crippen LogP contribution is 2.06. The molecule has 0 saturated heterocycles. The van der Waals surface area contributed by atoms with Gasteiger partial charge in [-0.2, -0.15) is 0 Å².